The first kappa shape index (κ1) is 17.5. The van der Waals surface area contributed by atoms with Gasteiger partial charge in [0.2, 0.25) is 0 Å². The average Bonchev–Trinajstić information content (AvgIpc) is 2.72. The van der Waals surface area contributed by atoms with E-state index in [2.05, 4.69) is 32.1 Å². The Kier molecular flexibility index (Phi) is 10.1. The number of nitrogens with zero attached hydrogens (tertiary/aromatic N) is 4. The van der Waals surface area contributed by atoms with Gasteiger partial charge in [-0.2, -0.15) is 11.8 Å². The summed E-state index contributed by atoms with van der Waals surface area (Å²) < 4.78 is 1.87. The van der Waals surface area contributed by atoms with Gasteiger partial charge in [0.05, 0.1) is 0 Å². The Morgan fingerprint density at radius 2 is 2.28 bits per heavy atom. The van der Waals surface area contributed by atoms with E-state index in [1.807, 2.05) is 30.3 Å². The van der Waals surface area contributed by atoms with E-state index in [4.69, 9.17) is 0 Å². The molecule has 0 amide bonds. The molecule has 1 heterocycles. The lowest BCUT2D eigenvalue weighted by Gasteiger charge is -2.10. The third kappa shape index (κ3) is 6.43. The van der Waals surface area contributed by atoms with E-state index >= 15 is 0 Å². The Bertz CT molecular complexity index is 354. The molecule has 1 aromatic heterocycles. The number of hydrogen-bond acceptors (Lipinski definition) is 4. The molecule has 0 radical (unpaired) electrons. The summed E-state index contributed by atoms with van der Waals surface area (Å²) in [5.74, 6) is 2.74. The number of hydrogen-bond donors (Lipinski definition) is 2. The van der Waals surface area contributed by atoms with Crippen molar-refractivity contribution in [1.29, 1.82) is 0 Å². The van der Waals surface area contributed by atoms with Gasteiger partial charge in [0, 0.05) is 25.9 Å². The number of rotatable bonds is 6. The van der Waals surface area contributed by atoms with Gasteiger partial charge in [0.1, 0.15) is 12.9 Å². The van der Waals surface area contributed by atoms with Crippen LogP contribution in [0.4, 0.5) is 0 Å². The molecular formula is C10H21IN6S. The van der Waals surface area contributed by atoms with Crippen LogP contribution in [0.2, 0.25) is 0 Å². The van der Waals surface area contributed by atoms with Crippen LogP contribution < -0.4 is 10.6 Å². The van der Waals surface area contributed by atoms with Gasteiger partial charge >= 0.3 is 0 Å². The lowest BCUT2D eigenvalue weighted by Crippen LogP contribution is -2.38. The van der Waals surface area contributed by atoms with Crippen molar-refractivity contribution in [2.75, 3.05) is 25.1 Å². The molecule has 18 heavy (non-hydrogen) atoms. The van der Waals surface area contributed by atoms with Gasteiger partial charge in [-0.05, 0) is 13.2 Å². The number of thioether (sulfide) groups is 1. The molecule has 0 atom stereocenters. The SMILES string of the molecule is CCNC(=NCc1nncn1C)NCCSC.I. The molecule has 0 fully saturated rings. The van der Waals surface area contributed by atoms with E-state index in [0.29, 0.717) is 6.54 Å². The highest BCUT2D eigenvalue weighted by atomic mass is 127. The smallest absolute Gasteiger partial charge is 0.191 e. The van der Waals surface area contributed by atoms with Crippen LogP contribution in [-0.2, 0) is 13.6 Å². The number of guanidine groups is 1. The molecule has 8 heteroatoms. The van der Waals surface area contributed by atoms with Crippen molar-refractivity contribution in [2.45, 2.75) is 13.5 Å². The summed E-state index contributed by atoms with van der Waals surface area (Å²) in [5, 5.41) is 14.3. The second kappa shape index (κ2) is 10.4. The molecule has 104 valence electrons. The topological polar surface area (TPSA) is 67.1 Å². The fraction of sp³-hybridized carbons (Fsp3) is 0.700. The molecule has 6 nitrogen and oxygen atoms in total. The largest absolute Gasteiger partial charge is 0.357 e. The van der Waals surface area contributed by atoms with Crippen LogP contribution in [0.3, 0.4) is 0 Å². The zero-order valence-electron chi connectivity index (χ0n) is 11.0. The molecule has 0 aliphatic rings. The molecule has 0 unspecified atom stereocenters. The van der Waals surface area contributed by atoms with E-state index < -0.39 is 0 Å². The van der Waals surface area contributed by atoms with Gasteiger partial charge in [0.25, 0.3) is 0 Å². The normalized spacial score (nSPS) is 10.9. The number of aryl methyl sites for hydroxylation is 1. The Hall–Kier alpha value is -0.510. The molecule has 0 aliphatic carbocycles. The second-order valence-corrected chi connectivity index (χ2v) is 4.46. The predicted octanol–water partition coefficient (Wildman–Crippen LogP) is 0.851. The summed E-state index contributed by atoms with van der Waals surface area (Å²) >= 11 is 1.81. The van der Waals surface area contributed by atoms with E-state index in [9.17, 15) is 0 Å². The maximum Gasteiger partial charge on any atom is 0.191 e. The van der Waals surface area contributed by atoms with Crippen LogP contribution in [0.1, 0.15) is 12.7 Å². The molecule has 0 saturated heterocycles. The highest BCUT2D eigenvalue weighted by Crippen LogP contribution is 1.94. The van der Waals surface area contributed by atoms with Crippen molar-refractivity contribution >= 4 is 41.7 Å². The molecule has 0 spiro atoms. The first-order valence-corrected chi connectivity index (χ1v) is 7.01. The third-order valence-corrected chi connectivity index (χ3v) is 2.74. The van der Waals surface area contributed by atoms with Crippen molar-refractivity contribution in [3.63, 3.8) is 0 Å². The van der Waals surface area contributed by atoms with Crippen LogP contribution in [-0.4, -0.2) is 45.8 Å². The van der Waals surface area contributed by atoms with Crippen LogP contribution in [0, 0.1) is 0 Å². The summed E-state index contributed by atoms with van der Waals surface area (Å²) in [5.41, 5.74) is 0. The number of aromatic nitrogens is 3. The Morgan fingerprint density at radius 3 is 2.83 bits per heavy atom. The van der Waals surface area contributed by atoms with Gasteiger partial charge < -0.3 is 15.2 Å². The summed E-state index contributed by atoms with van der Waals surface area (Å²) in [6.45, 7) is 4.34. The van der Waals surface area contributed by atoms with Gasteiger partial charge in [-0.15, -0.1) is 34.2 Å². The molecule has 0 aliphatic heterocycles. The standard InChI is InChI=1S/C10H20N6S.HI/c1-4-11-10(12-5-6-17-3)13-7-9-15-14-8-16(9)2;/h8H,4-7H2,1-3H3,(H2,11,12,13);1H. The van der Waals surface area contributed by atoms with Crippen LogP contribution >= 0.6 is 35.7 Å². The highest BCUT2D eigenvalue weighted by Gasteiger charge is 2.00. The minimum Gasteiger partial charge on any atom is -0.357 e. The Balaban J connectivity index is 0.00000289. The van der Waals surface area contributed by atoms with Gasteiger partial charge in [-0.3, -0.25) is 0 Å². The van der Waals surface area contributed by atoms with Gasteiger partial charge in [0.15, 0.2) is 11.8 Å². The van der Waals surface area contributed by atoms with Crippen molar-refractivity contribution in [3.05, 3.63) is 12.2 Å². The van der Waals surface area contributed by atoms with Crippen molar-refractivity contribution < 1.29 is 0 Å². The van der Waals surface area contributed by atoms with E-state index in [-0.39, 0.29) is 24.0 Å². The van der Waals surface area contributed by atoms with E-state index in [1.54, 1.807) is 6.33 Å². The number of halogens is 1. The average molecular weight is 384 g/mol. The molecule has 2 N–H and O–H groups in total. The van der Waals surface area contributed by atoms with Crippen molar-refractivity contribution in [2.24, 2.45) is 12.0 Å². The Morgan fingerprint density at radius 1 is 1.50 bits per heavy atom. The fourth-order valence-corrected chi connectivity index (χ4v) is 1.52. The first-order valence-electron chi connectivity index (χ1n) is 5.62. The van der Waals surface area contributed by atoms with Crippen molar-refractivity contribution in [1.82, 2.24) is 25.4 Å². The van der Waals surface area contributed by atoms with Gasteiger partial charge in [-0.25, -0.2) is 4.99 Å². The van der Waals surface area contributed by atoms with Gasteiger partial charge in [-0.1, -0.05) is 0 Å². The lowest BCUT2D eigenvalue weighted by atomic mass is 10.6. The summed E-state index contributed by atoms with van der Waals surface area (Å²) in [7, 11) is 1.92. The fourth-order valence-electron chi connectivity index (χ4n) is 1.21. The Labute approximate surface area is 129 Å². The van der Waals surface area contributed by atoms with E-state index in [1.165, 1.54) is 0 Å². The number of nitrogens with one attached hydrogen (secondary N) is 2. The molecule has 0 aromatic carbocycles. The maximum absolute atomic E-state index is 4.45. The summed E-state index contributed by atoms with van der Waals surface area (Å²) in [4.78, 5) is 4.45. The van der Waals surface area contributed by atoms with E-state index in [0.717, 1.165) is 30.6 Å². The minimum absolute atomic E-state index is 0. The zero-order valence-corrected chi connectivity index (χ0v) is 14.2. The number of aliphatic imine (C=N–C) groups is 1. The zero-order chi connectivity index (χ0) is 12.5. The molecule has 1 rings (SSSR count). The minimum atomic E-state index is 0. The predicted molar refractivity (Wildman–Crippen MR) is 87.6 cm³/mol. The molecule has 0 bridgehead atoms. The third-order valence-electron chi connectivity index (χ3n) is 2.13. The monoisotopic (exact) mass is 384 g/mol. The molecular weight excluding hydrogens is 363 g/mol. The van der Waals surface area contributed by atoms with Crippen LogP contribution in [0.5, 0.6) is 0 Å². The quantitative estimate of drug-likeness (QED) is 0.330. The first-order chi connectivity index (χ1) is 8.27. The van der Waals surface area contributed by atoms with Crippen LogP contribution in [0.25, 0.3) is 0 Å². The maximum atomic E-state index is 4.45. The lowest BCUT2D eigenvalue weighted by molar-refractivity contribution is 0.774. The highest BCUT2D eigenvalue weighted by molar-refractivity contribution is 14.0. The summed E-state index contributed by atoms with van der Waals surface area (Å²) in [6.07, 6.45) is 3.77. The molecule has 0 saturated carbocycles. The van der Waals surface area contributed by atoms with Crippen molar-refractivity contribution in [3.8, 4) is 0 Å². The molecule has 1 aromatic rings. The summed E-state index contributed by atoms with van der Waals surface area (Å²) in [6, 6.07) is 0. The van der Waals surface area contributed by atoms with Crippen LogP contribution in [0.15, 0.2) is 11.3 Å². The second-order valence-electron chi connectivity index (χ2n) is 3.47.